The molecule has 0 aliphatic heterocycles. The molecule has 0 saturated carbocycles. The van der Waals surface area contributed by atoms with E-state index in [1.54, 1.807) is 30.3 Å². The Bertz CT molecular complexity index is 1310. The van der Waals surface area contributed by atoms with Gasteiger partial charge in [-0.1, -0.05) is 24.3 Å². The molecule has 0 aliphatic carbocycles. The maximum Gasteiger partial charge on any atom is 0.416 e. The van der Waals surface area contributed by atoms with Gasteiger partial charge in [0.05, 0.1) is 21.7 Å². The van der Waals surface area contributed by atoms with Gasteiger partial charge in [-0.3, -0.25) is 19.7 Å². The first-order chi connectivity index (χ1) is 16.0. The van der Waals surface area contributed by atoms with Crippen molar-refractivity contribution in [3.8, 4) is 0 Å². The molecule has 3 aromatic rings. The molecule has 176 valence electrons. The quantitative estimate of drug-likeness (QED) is 0.307. The van der Waals surface area contributed by atoms with E-state index in [4.69, 9.17) is 4.74 Å². The van der Waals surface area contributed by atoms with Crippen LogP contribution in [0.5, 0.6) is 0 Å². The Morgan fingerprint density at radius 1 is 0.971 bits per heavy atom. The van der Waals surface area contributed by atoms with E-state index in [0.29, 0.717) is 11.5 Å². The first kappa shape index (κ1) is 24.2. The number of halogens is 3. The van der Waals surface area contributed by atoms with E-state index in [-0.39, 0.29) is 17.3 Å². The van der Waals surface area contributed by atoms with E-state index < -0.39 is 52.4 Å². The molecule has 0 unspecified atom stereocenters. The first-order valence-corrected chi connectivity index (χ1v) is 9.58. The number of amides is 2. The molecule has 0 heterocycles. The standard InChI is InChI=1S/C22H16F3N3O6/c1-12(29)26-18-9-14-5-3-2-4-13(14)8-16(18)21(31)34-11-20(30)27-17-7-6-15(22(23,24)25)10-19(17)28(32)33/h2-10H,11H2,1H3,(H,26,29)(H,27,30). The number of fused-ring (bicyclic) bond motifs is 1. The number of nitrogens with one attached hydrogen (secondary N) is 2. The highest BCUT2D eigenvalue weighted by Gasteiger charge is 2.33. The summed E-state index contributed by atoms with van der Waals surface area (Å²) < 4.78 is 43.4. The predicted molar refractivity (Wildman–Crippen MR) is 115 cm³/mol. The number of benzene rings is 3. The molecule has 0 fully saturated rings. The molecule has 0 bridgehead atoms. The van der Waals surface area contributed by atoms with Crippen molar-refractivity contribution in [2.45, 2.75) is 13.1 Å². The van der Waals surface area contributed by atoms with E-state index >= 15 is 0 Å². The van der Waals surface area contributed by atoms with Crippen LogP contribution >= 0.6 is 0 Å². The number of alkyl halides is 3. The third-order valence-corrected chi connectivity index (χ3v) is 4.55. The van der Waals surface area contributed by atoms with Gasteiger partial charge in [-0.05, 0) is 35.0 Å². The Morgan fingerprint density at radius 2 is 1.62 bits per heavy atom. The zero-order chi connectivity index (χ0) is 25.0. The lowest BCUT2D eigenvalue weighted by molar-refractivity contribution is -0.384. The second-order valence-electron chi connectivity index (χ2n) is 7.04. The fourth-order valence-electron chi connectivity index (χ4n) is 3.06. The van der Waals surface area contributed by atoms with Crippen LogP contribution in [0.2, 0.25) is 0 Å². The van der Waals surface area contributed by atoms with Crippen molar-refractivity contribution in [1.82, 2.24) is 0 Å². The SMILES string of the molecule is CC(=O)Nc1cc2ccccc2cc1C(=O)OCC(=O)Nc1ccc(C(F)(F)F)cc1[N+](=O)[O-]. The van der Waals surface area contributed by atoms with Crippen molar-refractivity contribution < 1.29 is 37.2 Å². The summed E-state index contributed by atoms with van der Waals surface area (Å²) in [5.41, 5.74) is -2.62. The van der Waals surface area contributed by atoms with Gasteiger partial charge in [-0.2, -0.15) is 13.2 Å². The average molecular weight is 475 g/mol. The molecular weight excluding hydrogens is 459 g/mol. The molecule has 0 saturated heterocycles. The van der Waals surface area contributed by atoms with Gasteiger partial charge in [0.1, 0.15) is 5.69 Å². The number of carbonyl (C=O) groups excluding carboxylic acids is 3. The van der Waals surface area contributed by atoms with Crippen molar-refractivity contribution in [2.75, 3.05) is 17.2 Å². The maximum absolute atomic E-state index is 12.8. The minimum atomic E-state index is -4.81. The zero-order valence-electron chi connectivity index (χ0n) is 17.4. The number of nitro benzene ring substituents is 1. The summed E-state index contributed by atoms with van der Waals surface area (Å²) in [6.45, 7) is 0.359. The molecule has 9 nitrogen and oxygen atoms in total. The third-order valence-electron chi connectivity index (χ3n) is 4.55. The number of rotatable bonds is 6. The molecule has 0 aliphatic rings. The van der Waals surface area contributed by atoms with Crippen molar-refractivity contribution in [1.29, 1.82) is 0 Å². The van der Waals surface area contributed by atoms with Crippen LogP contribution < -0.4 is 10.6 Å². The van der Waals surface area contributed by atoms with Gasteiger partial charge in [0.2, 0.25) is 5.91 Å². The number of ether oxygens (including phenoxy) is 1. The topological polar surface area (TPSA) is 128 Å². The lowest BCUT2D eigenvalue weighted by Crippen LogP contribution is -2.22. The lowest BCUT2D eigenvalue weighted by atomic mass is 10.0. The molecule has 3 rings (SSSR count). The number of hydrogen-bond acceptors (Lipinski definition) is 6. The van der Waals surface area contributed by atoms with Gasteiger partial charge in [0.15, 0.2) is 6.61 Å². The normalized spacial score (nSPS) is 11.1. The van der Waals surface area contributed by atoms with E-state index in [2.05, 4.69) is 10.6 Å². The monoisotopic (exact) mass is 475 g/mol. The van der Waals surface area contributed by atoms with Crippen LogP contribution in [0.15, 0.2) is 54.6 Å². The smallest absolute Gasteiger partial charge is 0.416 e. The number of carbonyl (C=O) groups is 3. The van der Waals surface area contributed by atoms with Crippen LogP contribution in [0.1, 0.15) is 22.8 Å². The van der Waals surface area contributed by atoms with Crippen LogP contribution in [0.4, 0.5) is 30.2 Å². The predicted octanol–water partition coefficient (Wildman–Crippen LogP) is 4.52. The van der Waals surface area contributed by atoms with E-state index in [9.17, 15) is 37.7 Å². The van der Waals surface area contributed by atoms with Crippen molar-refractivity contribution in [3.63, 3.8) is 0 Å². The van der Waals surface area contributed by atoms with E-state index in [1.165, 1.54) is 13.0 Å². The van der Waals surface area contributed by atoms with Crippen molar-refractivity contribution in [2.24, 2.45) is 0 Å². The summed E-state index contributed by atoms with van der Waals surface area (Å²) >= 11 is 0. The number of esters is 1. The Hall–Kier alpha value is -4.48. The largest absolute Gasteiger partial charge is 0.452 e. The fourth-order valence-corrected chi connectivity index (χ4v) is 3.06. The van der Waals surface area contributed by atoms with Gasteiger partial charge in [0, 0.05) is 13.0 Å². The second kappa shape index (κ2) is 9.57. The van der Waals surface area contributed by atoms with Gasteiger partial charge in [0.25, 0.3) is 11.6 Å². The number of nitro groups is 1. The molecule has 0 radical (unpaired) electrons. The molecule has 34 heavy (non-hydrogen) atoms. The molecular formula is C22H16F3N3O6. The lowest BCUT2D eigenvalue weighted by Gasteiger charge is -2.12. The summed E-state index contributed by atoms with van der Waals surface area (Å²) in [4.78, 5) is 46.3. The van der Waals surface area contributed by atoms with Crippen LogP contribution in [0, 0.1) is 10.1 Å². The molecule has 3 aromatic carbocycles. The highest BCUT2D eigenvalue weighted by Crippen LogP contribution is 2.35. The highest BCUT2D eigenvalue weighted by atomic mass is 19.4. The van der Waals surface area contributed by atoms with Crippen LogP contribution in [-0.2, 0) is 20.5 Å². The van der Waals surface area contributed by atoms with Crippen LogP contribution in [-0.4, -0.2) is 29.3 Å². The molecule has 0 aromatic heterocycles. The molecule has 0 spiro atoms. The van der Waals surface area contributed by atoms with Gasteiger partial charge in [-0.15, -0.1) is 0 Å². The van der Waals surface area contributed by atoms with Gasteiger partial charge >= 0.3 is 12.1 Å². The second-order valence-corrected chi connectivity index (χ2v) is 7.04. The fraction of sp³-hybridized carbons (Fsp3) is 0.136. The third kappa shape index (κ3) is 5.65. The van der Waals surface area contributed by atoms with E-state index in [0.717, 1.165) is 11.5 Å². The highest BCUT2D eigenvalue weighted by molar-refractivity contribution is 6.06. The number of hydrogen-bond donors (Lipinski definition) is 2. The number of anilines is 2. The minimum absolute atomic E-state index is 0.0396. The Balaban J connectivity index is 1.77. The van der Waals surface area contributed by atoms with Crippen LogP contribution in [0.3, 0.4) is 0 Å². The Kier molecular flexibility index (Phi) is 6.80. The summed E-state index contributed by atoms with van der Waals surface area (Å²) in [6, 6.07) is 11.6. The van der Waals surface area contributed by atoms with Crippen LogP contribution in [0.25, 0.3) is 10.8 Å². The summed E-state index contributed by atoms with van der Waals surface area (Å²) in [5, 5.41) is 17.1. The zero-order valence-corrected chi connectivity index (χ0v) is 17.4. The molecule has 2 amide bonds. The summed E-state index contributed by atoms with van der Waals surface area (Å²) in [5.74, 6) is -2.43. The summed E-state index contributed by atoms with van der Waals surface area (Å²) in [6.07, 6.45) is -4.81. The van der Waals surface area contributed by atoms with Gasteiger partial charge < -0.3 is 15.4 Å². The van der Waals surface area contributed by atoms with Gasteiger partial charge in [-0.25, -0.2) is 4.79 Å². The van der Waals surface area contributed by atoms with Crippen molar-refractivity contribution >= 4 is 45.6 Å². The van der Waals surface area contributed by atoms with Crippen molar-refractivity contribution in [3.05, 3.63) is 75.8 Å². The summed E-state index contributed by atoms with van der Waals surface area (Å²) in [7, 11) is 0. The minimum Gasteiger partial charge on any atom is -0.452 e. The maximum atomic E-state index is 12.8. The first-order valence-electron chi connectivity index (χ1n) is 9.58. The Morgan fingerprint density at radius 3 is 2.21 bits per heavy atom. The van der Waals surface area contributed by atoms with E-state index in [1.807, 2.05) is 0 Å². The Labute approximate surface area is 189 Å². The molecule has 12 heteroatoms. The molecule has 2 N–H and O–H groups in total. The molecule has 0 atom stereocenters. The average Bonchev–Trinajstić information content (AvgIpc) is 2.76. The number of nitrogens with zero attached hydrogens (tertiary/aromatic N) is 1.